The summed E-state index contributed by atoms with van der Waals surface area (Å²) in [7, 11) is 0. The van der Waals surface area contributed by atoms with Crippen molar-refractivity contribution in [3.05, 3.63) is 48.1 Å². The second-order valence-corrected chi connectivity index (χ2v) is 4.53. The standard InChI is InChI=1S/C13H13F2N3O3/c1-9(19)21-6-13(20,5-18-8-16-7-17-18)11-3-2-10(14)4-12(11)15/h2-4,7-8,20H,5-6H2,1H3. The summed E-state index contributed by atoms with van der Waals surface area (Å²) >= 11 is 0. The van der Waals surface area contributed by atoms with Crippen molar-refractivity contribution < 1.29 is 23.4 Å². The van der Waals surface area contributed by atoms with Gasteiger partial charge in [-0.1, -0.05) is 6.07 Å². The number of halogens is 2. The van der Waals surface area contributed by atoms with E-state index in [9.17, 15) is 18.7 Å². The number of benzene rings is 1. The Bertz CT molecular complexity index is 634. The van der Waals surface area contributed by atoms with E-state index < -0.39 is 29.8 Å². The van der Waals surface area contributed by atoms with Crippen LogP contribution in [0.4, 0.5) is 8.78 Å². The Morgan fingerprint density at radius 1 is 1.48 bits per heavy atom. The quantitative estimate of drug-likeness (QED) is 0.833. The van der Waals surface area contributed by atoms with E-state index in [-0.39, 0.29) is 12.1 Å². The molecule has 0 saturated carbocycles. The molecule has 21 heavy (non-hydrogen) atoms. The summed E-state index contributed by atoms with van der Waals surface area (Å²) in [5.41, 5.74) is -2.09. The fourth-order valence-electron chi connectivity index (χ4n) is 1.88. The predicted octanol–water partition coefficient (Wildman–Crippen LogP) is 1.01. The van der Waals surface area contributed by atoms with Gasteiger partial charge in [-0.15, -0.1) is 0 Å². The molecular formula is C13H13F2N3O3. The van der Waals surface area contributed by atoms with Crippen LogP contribution in [-0.4, -0.2) is 32.4 Å². The van der Waals surface area contributed by atoms with Crippen molar-refractivity contribution in [2.75, 3.05) is 6.61 Å². The molecule has 0 amide bonds. The number of nitrogens with zero attached hydrogens (tertiary/aromatic N) is 3. The van der Waals surface area contributed by atoms with Gasteiger partial charge in [-0.2, -0.15) is 5.10 Å². The Morgan fingerprint density at radius 3 is 2.81 bits per heavy atom. The van der Waals surface area contributed by atoms with Gasteiger partial charge in [-0.3, -0.25) is 4.79 Å². The fraction of sp³-hybridized carbons (Fsp3) is 0.308. The lowest BCUT2D eigenvalue weighted by atomic mass is 9.94. The minimum atomic E-state index is -1.89. The third-order valence-corrected chi connectivity index (χ3v) is 2.84. The Hall–Kier alpha value is -2.35. The van der Waals surface area contributed by atoms with E-state index in [2.05, 4.69) is 10.1 Å². The highest BCUT2D eigenvalue weighted by atomic mass is 19.1. The molecule has 0 saturated heterocycles. The lowest BCUT2D eigenvalue weighted by Crippen LogP contribution is -2.38. The van der Waals surface area contributed by atoms with E-state index in [0.29, 0.717) is 6.07 Å². The molecular weight excluding hydrogens is 284 g/mol. The van der Waals surface area contributed by atoms with Crippen LogP contribution in [0.5, 0.6) is 0 Å². The molecule has 0 radical (unpaired) electrons. The lowest BCUT2D eigenvalue weighted by molar-refractivity contribution is -0.151. The van der Waals surface area contributed by atoms with Crippen LogP contribution in [0.15, 0.2) is 30.9 Å². The first kappa shape index (κ1) is 15.0. The van der Waals surface area contributed by atoms with Gasteiger partial charge in [0.05, 0.1) is 6.54 Å². The number of rotatable bonds is 5. The zero-order valence-electron chi connectivity index (χ0n) is 11.2. The summed E-state index contributed by atoms with van der Waals surface area (Å²) in [6.07, 6.45) is 2.56. The molecule has 2 rings (SSSR count). The molecule has 6 nitrogen and oxygen atoms in total. The lowest BCUT2D eigenvalue weighted by Gasteiger charge is -2.28. The van der Waals surface area contributed by atoms with Crippen LogP contribution < -0.4 is 0 Å². The fourth-order valence-corrected chi connectivity index (χ4v) is 1.88. The Morgan fingerprint density at radius 2 is 2.24 bits per heavy atom. The Labute approximate surface area is 119 Å². The van der Waals surface area contributed by atoms with E-state index in [4.69, 9.17) is 4.74 Å². The molecule has 2 aromatic rings. The zero-order valence-corrected chi connectivity index (χ0v) is 11.2. The van der Waals surface area contributed by atoms with Crippen molar-refractivity contribution in [3.8, 4) is 0 Å². The number of esters is 1. The highest BCUT2D eigenvalue weighted by molar-refractivity contribution is 5.66. The van der Waals surface area contributed by atoms with Gasteiger partial charge in [0.1, 0.15) is 36.5 Å². The summed E-state index contributed by atoms with van der Waals surface area (Å²) in [6, 6.07) is 2.76. The van der Waals surface area contributed by atoms with Crippen LogP contribution in [0.1, 0.15) is 12.5 Å². The minimum Gasteiger partial charge on any atom is -0.462 e. The zero-order chi connectivity index (χ0) is 15.5. The number of aromatic nitrogens is 3. The molecule has 0 aliphatic rings. The van der Waals surface area contributed by atoms with Gasteiger partial charge >= 0.3 is 5.97 Å². The summed E-state index contributed by atoms with van der Waals surface area (Å²) in [6.45, 7) is 0.463. The monoisotopic (exact) mass is 297 g/mol. The average Bonchev–Trinajstić information content (AvgIpc) is 2.89. The molecule has 0 fully saturated rings. The number of aliphatic hydroxyl groups is 1. The molecule has 8 heteroatoms. The van der Waals surface area contributed by atoms with E-state index in [1.807, 2.05) is 0 Å². The highest BCUT2D eigenvalue weighted by Gasteiger charge is 2.35. The van der Waals surface area contributed by atoms with E-state index in [0.717, 1.165) is 19.1 Å². The molecule has 0 aliphatic carbocycles. The normalized spacial score (nSPS) is 13.7. The molecule has 0 aliphatic heterocycles. The van der Waals surface area contributed by atoms with Crippen molar-refractivity contribution in [1.82, 2.24) is 14.8 Å². The van der Waals surface area contributed by atoms with Crippen LogP contribution in [0.25, 0.3) is 0 Å². The smallest absolute Gasteiger partial charge is 0.302 e. The highest BCUT2D eigenvalue weighted by Crippen LogP contribution is 2.27. The number of hydrogen-bond donors (Lipinski definition) is 1. The maximum absolute atomic E-state index is 13.9. The summed E-state index contributed by atoms with van der Waals surface area (Å²) in [5, 5.41) is 14.5. The molecule has 1 heterocycles. The molecule has 112 valence electrons. The van der Waals surface area contributed by atoms with Crippen LogP contribution in [0.3, 0.4) is 0 Å². The van der Waals surface area contributed by atoms with E-state index in [1.54, 1.807) is 0 Å². The van der Waals surface area contributed by atoms with Crippen LogP contribution in [0.2, 0.25) is 0 Å². The number of hydrogen-bond acceptors (Lipinski definition) is 5. The van der Waals surface area contributed by atoms with Crippen molar-refractivity contribution in [1.29, 1.82) is 0 Å². The molecule has 1 N–H and O–H groups in total. The third-order valence-electron chi connectivity index (χ3n) is 2.84. The summed E-state index contributed by atoms with van der Waals surface area (Å²) in [4.78, 5) is 14.7. The van der Waals surface area contributed by atoms with Gasteiger partial charge < -0.3 is 9.84 Å². The maximum atomic E-state index is 13.9. The first-order chi connectivity index (χ1) is 9.90. The first-order valence-corrected chi connectivity index (χ1v) is 6.04. The van der Waals surface area contributed by atoms with Crippen LogP contribution in [0, 0.1) is 11.6 Å². The first-order valence-electron chi connectivity index (χ1n) is 6.04. The van der Waals surface area contributed by atoms with Gasteiger partial charge in [-0.25, -0.2) is 18.4 Å². The van der Waals surface area contributed by atoms with Crippen LogP contribution >= 0.6 is 0 Å². The number of carbonyl (C=O) groups is 1. The second-order valence-electron chi connectivity index (χ2n) is 4.53. The van der Waals surface area contributed by atoms with E-state index >= 15 is 0 Å². The molecule has 1 aromatic heterocycles. The predicted molar refractivity (Wildman–Crippen MR) is 66.9 cm³/mol. The van der Waals surface area contributed by atoms with Crippen molar-refractivity contribution in [3.63, 3.8) is 0 Å². The largest absolute Gasteiger partial charge is 0.462 e. The van der Waals surface area contributed by atoms with Gasteiger partial charge in [0.2, 0.25) is 0 Å². The van der Waals surface area contributed by atoms with Gasteiger partial charge in [0.25, 0.3) is 0 Å². The topological polar surface area (TPSA) is 77.2 Å². The number of carbonyl (C=O) groups excluding carboxylic acids is 1. The molecule has 1 atom stereocenters. The van der Waals surface area contributed by atoms with Gasteiger partial charge in [0, 0.05) is 18.6 Å². The SMILES string of the molecule is CC(=O)OCC(O)(Cn1cncn1)c1ccc(F)cc1F. The Balaban J connectivity index is 2.36. The average molecular weight is 297 g/mol. The molecule has 0 bridgehead atoms. The van der Waals surface area contributed by atoms with Gasteiger partial charge in [-0.05, 0) is 6.07 Å². The molecule has 0 spiro atoms. The maximum Gasteiger partial charge on any atom is 0.302 e. The number of ether oxygens (including phenoxy) is 1. The summed E-state index contributed by atoms with van der Waals surface area (Å²) in [5.74, 6) is -2.34. The summed E-state index contributed by atoms with van der Waals surface area (Å²) < 4.78 is 32.9. The van der Waals surface area contributed by atoms with Gasteiger partial charge in [0.15, 0.2) is 0 Å². The van der Waals surface area contributed by atoms with Crippen molar-refractivity contribution in [2.45, 2.75) is 19.1 Å². The second kappa shape index (κ2) is 5.96. The molecule has 1 aromatic carbocycles. The Kier molecular flexibility index (Phi) is 4.27. The van der Waals surface area contributed by atoms with E-state index in [1.165, 1.54) is 17.3 Å². The molecule has 1 unspecified atom stereocenters. The van der Waals surface area contributed by atoms with Crippen LogP contribution in [-0.2, 0) is 21.7 Å². The minimum absolute atomic E-state index is 0.194. The third kappa shape index (κ3) is 3.60. The van der Waals surface area contributed by atoms with Crippen molar-refractivity contribution >= 4 is 5.97 Å². The van der Waals surface area contributed by atoms with Crippen molar-refractivity contribution in [2.24, 2.45) is 0 Å².